The minimum absolute atomic E-state index is 0.0380. The van der Waals surface area contributed by atoms with Crippen molar-refractivity contribution in [3.05, 3.63) is 53.6 Å². The third-order valence-electron chi connectivity index (χ3n) is 3.04. The number of carbonyl (C=O) groups is 1. The Morgan fingerprint density at radius 1 is 1.04 bits per heavy atom. The van der Waals surface area contributed by atoms with Crippen LogP contribution in [-0.2, 0) is 4.79 Å². The maximum absolute atomic E-state index is 11.9. The maximum atomic E-state index is 11.9. The largest absolute Gasteiger partial charge is 0.491 e. The summed E-state index contributed by atoms with van der Waals surface area (Å²) in [5.74, 6) is 0.756. The van der Waals surface area contributed by atoms with Gasteiger partial charge in [0.25, 0.3) is 0 Å². The van der Waals surface area contributed by atoms with Crippen LogP contribution in [0.3, 0.4) is 0 Å². The highest BCUT2D eigenvalue weighted by atomic mass is 35.5. The molecule has 0 saturated carbocycles. The molecule has 0 aliphatic rings. The zero-order valence-electron chi connectivity index (χ0n) is 13.3. The summed E-state index contributed by atoms with van der Waals surface area (Å²) in [6.07, 6.45) is 0.516. The summed E-state index contributed by atoms with van der Waals surface area (Å²) in [5, 5.41) is 6.73. The van der Waals surface area contributed by atoms with Crippen LogP contribution in [0.5, 0.6) is 5.75 Å². The van der Waals surface area contributed by atoms with Crippen LogP contribution in [0.4, 0.5) is 11.4 Å². The van der Waals surface area contributed by atoms with Gasteiger partial charge in [0.05, 0.1) is 6.10 Å². The van der Waals surface area contributed by atoms with E-state index in [1.807, 2.05) is 62.4 Å². The lowest BCUT2D eigenvalue weighted by Crippen LogP contribution is -2.16. The van der Waals surface area contributed by atoms with E-state index in [1.165, 1.54) is 0 Å². The first-order chi connectivity index (χ1) is 11.0. The predicted molar refractivity (Wildman–Crippen MR) is 95.4 cm³/mol. The van der Waals surface area contributed by atoms with Crippen molar-refractivity contribution in [2.75, 3.05) is 17.2 Å². The van der Waals surface area contributed by atoms with Gasteiger partial charge in [0.15, 0.2) is 0 Å². The molecule has 5 heteroatoms. The number of carbonyl (C=O) groups excluding carboxylic acids is 1. The minimum Gasteiger partial charge on any atom is -0.491 e. The van der Waals surface area contributed by atoms with Crippen LogP contribution in [-0.4, -0.2) is 18.6 Å². The second kappa shape index (κ2) is 8.44. The van der Waals surface area contributed by atoms with Crippen molar-refractivity contribution in [1.82, 2.24) is 0 Å². The molecular formula is C18H21ClN2O2. The highest BCUT2D eigenvalue weighted by Crippen LogP contribution is 2.17. The van der Waals surface area contributed by atoms with E-state index >= 15 is 0 Å². The topological polar surface area (TPSA) is 50.4 Å². The summed E-state index contributed by atoms with van der Waals surface area (Å²) in [5.41, 5.74) is 1.70. The van der Waals surface area contributed by atoms with Crippen LogP contribution in [0.15, 0.2) is 48.5 Å². The summed E-state index contributed by atoms with van der Waals surface area (Å²) in [4.78, 5) is 11.9. The third kappa shape index (κ3) is 6.20. The zero-order chi connectivity index (χ0) is 16.7. The lowest BCUT2D eigenvalue weighted by molar-refractivity contribution is -0.115. The Kier molecular flexibility index (Phi) is 6.29. The van der Waals surface area contributed by atoms with E-state index in [9.17, 15) is 4.79 Å². The van der Waals surface area contributed by atoms with Gasteiger partial charge in [-0.05, 0) is 62.4 Å². The normalized spacial score (nSPS) is 10.4. The molecule has 0 fully saturated rings. The molecule has 2 aromatic rings. The molecule has 0 aliphatic heterocycles. The van der Waals surface area contributed by atoms with Crippen molar-refractivity contribution in [1.29, 1.82) is 0 Å². The highest BCUT2D eigenvalue weighted by Gasteiger charge is 2.03. The number of hydrogen-bond donors (Lipinski definition) is 2. The van der Waals surface area contributed by atoms with Crippen LogP contribution >= 0.6 is 11.6 Å². The number of anilines is 2. The number of ether oxygens (including phenoxy) is 1. The molecule has 0 atom stereocenters. The number of halogens is 1. The van der Waals surface area contributed by atoms with E-state index < -0.39 is 0 Å². The SMILES string of the molecule is CC(C)Oc1ccc(NC(=O)CCNc2ccc(Cl)cc2)cc1. The lowest BCUT2D eigenvalue weighted by Gasteiger charge is -2.11. The number of hydrogen-bond acceptors (Lipinski definition) is 3. The van der Waals surface area contributed by atoms with Gasteiger partial charge >= 0.3 is 0 Å². The molecule has 0 unspecified atom stereocenters. The molecule has 122 valence electrons. The Hall–Kier alpha value is -2.20. The number of rotatable bonds is 7. The van der Waals surface area contributed by atoms with Gasteiger partial charge in [0.1, 0.15) is 5.75 Å². The van der Waals surface area contributed by atoms with Crippen molar-refractivity contribution in [3.63, 3.8) is 0 Å². The Morgan fingerprint density at radius 2 is 1.65 bits per heavy atom. The van der Waals surface area contributed by atoms with E-state index in [2.05, 4.69) is 10.6 Å². The van der Waals surface area contributed by atoms with Crippen LogP contribution in [0, 0.1) is 0 Å². The molecule has 0 spiro atoms. The Labute approximate surface area is 141 Å². The molecular weight excluding hydrogens is 312 g/mol. The van der Waals surface area contributed by atoms with E-state index in [-0.39, 0.29) is 12.0 Å². The van der Waals surface area contributed by atoms with Crippen molar-refractivity contribution in [2.45, 2.75) is 26.4 Å². The Morgan fingerprint density at radius 3 is 2.26 bits per heavy atom. The summed E-state index contributed by atoms with van der Waals surface area (Å²) in [6.45, 7) is 4.51. The molecule has 4 nitrogen and oxygen atoms in total. The van der Waals surface area contributed by atoms with Crippen molar-refractivity contribution >= 4 is 28.9 Å². The van der Waals surface area contributed by atoms with Crippen LogP contribution < -0.4 is 15.4 Å². The number of amides is 1. The molecule has 0 aromatic heterocycles. The fraction of sp³-hybridized carbons (Fsp3) is 0.278. The van der Waals surface area contributed by atoms with Crippen molar-refractivity contribution in [3.8, 4) is 5.75 Å². The number of benzene rings is 2. The van der Waals surface area contributed by atoms with E-state index in [4.69, 9.17) is 16.3 Å². The summed E-state index contributed by atoms with van der Waals surface area (Å²) < 4.78 is 5.56. The van der Waals surface area contributed by atoms with Crippen LogP contribution in [0.1, 0.15) is 20.3 Å². The van der Waals surface area contributed by atoms with Gasteiger partial charge in [-0.25, -0.2) is 0 Å². The first-order valence-corrected chi connectivity index (χ1v) is 7.97. The van der Waals surface area contributed by atoms with Gasteiger partial charge in [-0.1, -0.05) is 11.6 Å². The van der Waals surface area contributed by atoms with Gasteiger partial charge in [-0.2, -0.15) is 0 Å². The van der Waals surface area contributed by atoms with Gasteiger partial charge in [-0.3, -0.25) is 4.79 Å². The average molecular weight is 333 g/mol. The molecule has 0 saturated heterocycles. The lowest BCUT2D eigenvalue weighted by atomic mass is 10.2. The first kappa shape index (κ1) is 17.2. The van der Waals surface area contributed by atoms with Gasteiger partial charge in [0, 0.05) is 29.4 Å². The zero-order valence-corrected chi connectivity index (χ0v) is 14.1. The van der Waals surface area contributed by atoms with Gasteiger partial charge in [-0.15, -0.1) is 0 Å². The quantitative estimate of drug-likeness (QED) is 0.781. The van der Waals surface area contributed by atoms with E-state index in [1.54, 1.807) is 0 Å². The predicted octanol–water partition coefficient (Wildman–Crippen LogP) is 4.57. The fourth-order valence-electron chi connectivity index (χ4n) is 2.00. The summed E-state index contributed by atoms with van der Waals surface area (Å²) in [6, 6.07) is 14.8. The van der Waals surface area contributed by atoms with Crippen molar-refractivity contribution in [2.24, 2.45) is 0 Å². The van der Waals surface area contributed by atoms with Gasteiger partial charge < -0.3 is 15.4 Å². The molecule has 2 rings (SSSR count). The van der Waals surface area contributed by atoms with E-state index in [0.717, 1.165) is 17.1 Å². The standard InChI is InChI=1S/C18H21ClN2O2/c1-13(2)23-17-9-7-16(8-10-17)21-18(22)11-12-20-15-5-3-14(19)4-6-15/h3-10,13,20H,11-12H2,1-2H3,(H,21,22). The molecule has 0 bridgehead atoms. The van der Waals surface area contributed by atoms with Crippen LogP contribution in [0.2, 0.25) is 5.02 Å². The van der Waals surface area contributed by atoms with Gasteiger partial charge in [0.2, 0.25) is 5.91 Å². The minimum atomic E-state index is -0.0380. The third-order valence-corrected chi connectivity index (χ3v) is 3.29. The molecule has 1 amide bonds. The first-order valence-electron chi connectivity index (χ1n) is 7.59. The molecule has 2 N–H and O–H groups in total. The summed E-state index contributed by atoms with van der Waals surface area (Å²) in [7, 11) is 0. The fourth-order valence-corrected chi connectivity index (χ4v) is 2.13. The van der Waals surface area contributed by atoms with E-state index in [0.29, 0.717) is 18.0 Å². The van der Waals surface area contributed by atoms with Crippen LogP contribution in [0.25, 0.3) is 0 Å². The molecule has 0 aliphatic carbocycles. The monoisotopic (exact) mass is 332 g/mol. The molecule has 23 heavy (non-hydrogen) atoms. The van der Waals surface area contributed by atoms with Crippen molar-refractivity contribution < 1.29 is 9.53 Å². The maximum Gasteiger partial charge on any atom is 0.226 e. The second-order valence-electron chi connectivity index (χ2n) is 5.42. The smallest absolute Gasteiger partial charge is 0.226 e. The molecule has 0 radical (unpaired) electrons. The highest BCUT2D eigenvalue weighted by molar-refractivity contribution is 6.30. The average Bonchev–Trinajstić information content (AvgIpc) is 2.51. The molecule has 0 heterocycles. The number of nitrogens with one attached hydrogen (secondary N) is 2. The Balaban J connectivity index is 1.75. The molecule has 2 aromatic carbocycles. The summed E-state index contributed by atoms with van der Waals surface area (Å²) >= 11 is 5.82. The Bertz CT molecular complexity index is 624. The second-order valence-corrected chi connectivity index (χ2v) is 5.86.